The van der Waals surface area contributed by atoms with Crippen LogP contribution in [0.3, 0.4) is 0 Å². The van der Waals surface area contributed by atoms with Crippen molar-refractivity contribution in [2.75, 3.05) is 0 Å². The molecule has 2 heterocycles. The molecule has 1 unspecified atom stereocenters. The van der Waals surface area contributed by atoms with Gasteiger partial charge in [0.05, 0.1) is 6.04 Å². The van der Waals surface area contributed by atoms with E-state index >= 15 is 0 Å². The first-order chi connectivity index (χ1) is 6.88. The van der Waals surface area contributed by atoms with Crippen molar-refractivity contribution >= 4 is 6.09 Å². The summed E-state index contributed by atoms with van der Waals surface area (Å²) < 4.78 is 5.38. The Morgan fingerprint density at radius 2 is 2.07 bits per heavy atom. The smallest absolute Gasteiger partial charge is 0.410 e. The number of nitrogens with two attached hydrogens (primary N) is 1. The van der Waals surface area contributed by atoms with Crippen LogP contribution in [0, 0.1) is 0 Å². The Morgan fingerprint density at radius 1 is 1.40 bits per heavy atom. The molecule has 2 fully saturated rings. The molecule has 2 bridgehead atoms. The predicted octanol–water partition coefficient (Wildman–Crippen LogP) is 1.49. The second-order valence-corrected chi connectivity index (χ2v) is 5.59. The minimum absolute atomic E-state index is 0.149. The van der Waals surface area contributed by atoms with Crippen molar-refractivity contribution < 1.29 is 9.53 Å². The highest BCUT2D eigenvalue weighted by atomic mass is 16.6. The van der Waals surface area contributed by atoms with Gasteiger partial charge in [-0.25, -0.2) is 4.79 Å². The highest BCUT2D eigenvalue weighted by Crippen LogP contribution is 2.37. The van der Waals surface area contributed by atoms with Gasteiger partial charge in [0.25, 0.3) is 0 Å². The zero-order valence-corrected chi connectivity index (χ0v) is 9.69. The molecule has 0 aromatic carbocycles. The lowest BCUT2D eigenvalue weighted by atomic mass is 9.97. The van der Waals surface area contributed by atoms with Crippen LogP contribution < -0.4 is 5.73 Å². The summed E-state index contributed by atoms with van der Waals surface area (Å²) in [6, 6.07) is 0.681. The third-order valence-electron chi connectivity index (χ3n) is 3.19. The number of rotatable bonds is 0. The van der Waals surface area contributed by atoms with Crippen LogP contribution >= 0.6 is 0 Å². The maximum atomic E-state index is 11.9. The summed E-state index contributed by atoms with van der Waals surface area (Å²) in [6.45, 7) is 5.68. The summed E-state index contributed by atoms with van der Waals surface area (Å²) in [5.74, 6) is 0. The van der Waals surface area contributed by atoms with Crippen molar-refractivity contribution in [2.24, 2.45) is 5.73 Å². The van der Waals surface area contributed by atoms with Gasteiger partial charge in [-0.1, -0.05) is 0 Å². The van der Waals surface area contributed by atoms with Crippen molar-refractivity contribution in [3.8, 4) is 0 Å². The fourth-order valence-electron chi connectivity index (χ4n) is 2.63. The van der Waals surface area contributed by atoms with Crippen LogP contribution in [-0.2, 0) is 4.74 Å². The molecule has 2 rings (SSSR count). The van der Waals surface area contributed by atoms with Gasteiger partial charge < -0.3 is 15.4 Å². The van der Waals surface area contributed by atoms with Crippen molar-refractivity contribution in [1.29, 1.82) is 0 Å². The van der Waals surface area contributed by atoms with Gasteiger partial charge >= 0.3 is 6.09 Å². The van der Waals surface area contributed by atoms with Crippen molar-refractivity contribution in [3.05, 3.63) is 0 Å². The molecule has 2 aliphatic rings. The summed E-state index contributed by atoms with van der Waals surface area (Å²) in [4.78, 5) is 13.8. The lowest BCUT2D eigenvalue weighted by molar-refractivity contribution is 0.0213. The van der Waals surface area contributed by atoms with E-state index in [2.05, 4.69) is 0 Å². The highest BCUT2D eigenvalue weighted by Gasteiger charge is 2.48. The number of carbonyl (C=O) groups excluding carboxylic acids is 1. The molecule has 15 heavy (non-hydrogen) atoms. The van der Waals surface area contributed by atoms with Crippen molar-refractivity contribution in [3.63, 3.8) is 0 Å². The summed E-state index contributed by atoms with van der Waals surface area (Å²) in [7, 11) is 0. The van der Waals surface area contributed by atoms with Gasteiger partial charge in [-0.3, -0.25) is 0 Å². The molecule has 3 atom stereocenters. The van der Waals surface area contributed by atoms with Gasteiger partial charge in [0.1, 0.15) is 5.60 Å². The first-order valence-corrected chi connectivity index (χ1v) is 5.65. The standard InChI is InChI=1S/C11H20N2O2/c1-11(2,3)15-10(14)13-7-4-5-9(13)8(12)6-7/h7-9H,4-6,12H2,1-3H3/t7-,8?,9+/m0/s1. The molecule has 4 nitrogen and oxygen atoms in total. The van der Waals surface area contributed by atoms with E-state index in [-0.39, 0.29) is 18.2 Å². The first-order valence-electron chi connectivity index (χ1n) is 5.65. The molecule has 0 spiro atoms. The second kappa shape index (κ2) is 3.37. The van der Waals surface area contributed by atoms with Crippen LogP contribution in [0.5, 0.6) is 0 Å². The minimum Gasteiger partial charge on any atom is -0.444 e. The number of hydrogen-bond acceptors (Lipinski definition) is 3. The molecule has 2 saturated heterocycles. The molecule has 0 aliphatic carbocycles. The zero-order valence-electron chi connectivity index (χ0n) is 9.69. The molecule has 0 aromatic rings. The summed E-state index contributed by atoms with van der Waals surface area (Å²) >= 11 is 0. The predicted molar refractivity (Wildman–Crippen MR) is 57.5 cm³/mol. The van der Waals surface area contributed by atoms with Gasteiger partial charge in [-0.05, 0) is 40.0 Å². The van der Waals surface area contributed by atoms with Crippen LogP contribution in [0.25, 0.3) is 0 Å². The maximum absolute atomic E-state index is 11.9. The Morgan fingerprint density at radius 3 is 2.47 bits per heavy atom. The number of carbonyl (C=O) groups is 1. The monoisotopic (exact) mass is 212 g/mol. The van der Waals surface area contributed by atoms with E-state index in [0.717, 1.165) is 19.3 Å². The lowest BCUT2D eigenvalue weighted by Gasteiger charge is -2.27. The fraction of sp³-hybridized carbons (Fsp3) is 0.909. The fourth-order valence-corrected chi connectivity index (χ4v) is 2.63. The lowest BCUT2D eigenvalue weighted by Crippen LogP contribution is -2.43. The second-order valence-electron chi connectivity index (χ2n) is 5.59. The van der Waals surface area contributed by atoms with Gasteiger partial charge in [0, 0.05) is 12.1 Å². The number of fused-ring (bicyclic) bond motifs is 2. The van der Waals surface area contributed by atoms with E-state index in [4.69, 9.17) is 10.5 Å². The number of nitrogens with zero attached hydrogens (tertiary/aromatic N) is 1. The number of ether oxygens (including phenoxy) is 1. The van der Waals surface area contributed by atoms with E-state index in [1.165, 1.54) is 0 Å². The zero-order chi connectivity index (χ0) is 11.2. The molecule has 2 N–H and O–H groups in total. The SMILES string of the molecule is CC(C)(C)OC(=O)N1[C@H]2CC[C@@H]1C(N)C2. The molecule has 0 radical (unpaired) electrons. The van der Waals surface area contributed by atoms with Gasteiger partial charge in [-0.15, -0.1) is 0 Å². The van der Waals surface area contributed by atoms with Crippen LogP contribution in [0.2, 0.25) is 0 Å². The topological polar surface area (TPSA) is 55.6 Å². The summed E-state index contributed by atoms with van der Waals surface area (Å²) in [6.07, 6.45) is 2.86. The molecule has 86 valence electrons. The molecular weight excluding hydrogens is 192 g/mol. The minimum atomic E-state index is -0.413. The molecule has 2 aliphatic heterocycles. The number of amides is 1. The third-order valence-corrected chi connectivity index (χ3v) is 3.19. The van der Waals surface area contributed by atoms with E-state index in [0.29, 0.717) is 6.04 Å². The van der Waals surface area contributed by atoms with Crippen LogP contribution in [0.4, 0.5) is 4.79 Å². The van der Waals surface area contributed by atoms with E-state index in [1.54, 1.807) is 0 Å². The Labute approximate surface area is 90.8 Å². The average molecular weight is 212 g/mol. The summed E-state index contributed by atoms with van der Waals surface area (Å²) in [5.41, 5.74) is 5.55. The van der Waals surface area contributed by atoms with E-state index < -0.39 is 5.60 Å². The molecular formula is C11H20N2O2. The maximum Gasteiger partial charge on any atom is 0.410 e. The van der Waals surface area contributed by atoms with Crippen LogP contribution in [0.1, 0.15) is 40.0 Å². The first kappa shape index (κ1) is 10.7. The van der Waals surface area contributed by atoms with Gasteiger partial charge in [-0.2, -0.15) is 0 Å². The largest absolute Gasteiger partial charge is 0.444 e. The summed E-state index contributed by atoms with van der Waals surface area (Å²) in [5, 5.41) is 0. The van der Waals surface area contributed by atoms with Crippen molar-refractivity contribution in [2.45, 2.75) is 63.8 Å². The number of hydrogen-bond donors (Lipinski definition) is 1. The van der Waals surface area contributed by atoms with E-state index in [9.17, 15) is 4.79 Å². The van der Waals surface area contributed by atoms with Crippen molar-refractivity contribution in [1.82, 2.24) is 4.90 Å². The Balaban J connectivity index is 2.03. The Bertz CT molecular complexity index is 272. The molecule has 4 heteroatoms. The quantitative estimate of drug-likeness (QED) is 0.661. The molecule has 1 amide bonds. The highest BCUT2D eigenvalue weighted by molar-refractivity contribution is 5.70. The van der Waals surface area contributed by atoms with Gasteiger partial charge in [0.2, 0.25) is 0 Å². The van der Waals surface area contributed by atoms with Gasteiger partial charge in [0.15, 0.2) is 0 Å². The van der Waals surface area contributed by atoms with E-state index in [1.807, 2.05) is 25.7 Å². The Hall–Kier alpha value is -0.770. The third kappa shape index (κ3) is 1.95. The normalized spacial score (nSPS) is 34.7. The average Bonchev–Trinajstić information content (AvgIpc) is 2.55. The molecule has 0 saturated carbocycles. The Kier molecular flexibility index (Phi) is 2.41. The van der Waals surface area contributed by atoms with Crippen LogP contribution in [-0.4, -0.2) is 34.7 Å². The molecule has 0 aromatic heterocycles. The van der Waals surface area contributed by atoms with Crippen LogP contribution in [0.15, 0.2) is 0 Å².